The molecular formula is C10H11N5O5S. The van der Waals surface area contributed by atoms with Crippen LogP contribution in [-0.4, -0.2) is 30.0 Å². The van der Waals surface area contributed by atoms with E-state index in [-0.39, 0.29) is 18.7 Å². The molecule has 0 saturated heterocycles. The first-order chi connectivity index (χ1) is 9.90. The normalized spacial score (nSPS) is 11.4. The van der Waals surface area contributed by atoms with Crippen LogP contribution in [0.15, 0.2) is 34.0 Å². The van der Waals surface area contributed by atoms with E-state index in [0.29, 0.717) is 5.82 Å². The number of nitro benzene ring substituents is 1. The lowest BCUT2D eigenvalue weighted by Gasteiger charge is -2.07. The third-order valence-corrected chi connectivity index (χ3v) is 4.01. The summed E-state index contributed by atoms with van der Waals surface area (Å²) in [5.74, 6) is 0.319. The Labute approximate surface area is 119 Å². The van der Waals surface area contributed by atoms with E-state index in [9.17, 15) is 18.5 Å². The third kappa shape index (κ3) is 3.52. The molecule has 2 aromatic rings. The number of nitrogens with zero attached hydrogens (tertiary/aromatic N) is 3. The highest BCUT2D eigenvalue weighted by molar-refractivity contribution is 7.89. The van der Waals surface area contributed by atoms with Gasteiger partial charge >= 0.3 is 0 Å². The number of nitrogens with one attached hydrogen (secondary N) is 1. The summed E-state index contributed by atoms with van der Waals surface area (Å²) in [7, 11) is -4.07. The summed E-state index contributed by atoms with van der Waals surface area (Å²) in [4.78, 5) is 13.3. The number of hydrogen-bond acceptors (Lipinski definition) is 8. The summed E-state index contributed by atoms with van der Waals surface area (Å²) in [6.45, 7) is -0.0339. The first-order valence-corrected chi connectivity index (χ1v) is 7.17. The van der Waals surface area contributed by atoms with Crippen molar-refractivity contribution >= 4 is 21.4 Å². The maximum atomic E-state index is 12.1. The molecule has 0 radical (unpaired) electrons. The molecular weight excluding hydrogens is 302 g/mol. The summed E-state index contributed by atoms with van der Waals surface area (Å²) in [5.41, 5.74) is 5.05. The summed E-state index contributed by atoms with van der Waals surface area (Å²) >= 11 is 0. The van der Waals surface area contributed by atoms with Crippen LogP contribution in [0.2, 0.25) is 0 Å². The Morgan fingerprint density at radius 3 is 2.81 bits per heavy atom. The number of nitrogen functional groups attached to an aromatic ring is 1. The molecule has 10 nitrogen and oxygen atoms in total. The average molecular weight is 313 g/mol. The zero-order valence-corrected chi connectivity index (χ0v) is 11.4. The van der Waals surface area contributed by atoms with E-state index in [1.165, 1.54) is 6.07 Å². The number of nitro groups is 1. The second kappa shape index (κ2) is 5.85. The zero-order valence-electron chi connectivity index (χ0n) is 10.6. The van der Waals surface area contributed by atoms with Gasteiger partial charge in [-0.25, -0.2) is 13.1 Å². The van der Waals surface area contributed by atoms with Gasteiger partial charge in [0.1, 0.15) is 0 Å². The third-order valence-electron chi connectivity index (χ3n) is 2.52. The molecule has 0 atom stereocenters. The van der Waals surface area contributed by atoms with Crippen LogP contribution in [0.25, 0.3) is 0 Å². The van der Waals surface area contributed by atoms with Crippen LogP contribution in [-0.2, 0) is 16.4 Å². The molecule has 0 unspecified atom stereocenters. The molecule has 0 spiro atoms. The highest BCUT2D eigenvalue weighted by Crippen LogP contribution is 2.25. The molecule has 3 N–H and O–H groups in total. The standard InChI is InChI=1S/C10H11N5O5S/c11-7-1-2-8(15(16)17)9(5-7)21(18,19)13-4-3-10-12-6-20-14-10/h1-2,5-6,13H,3-4,11H2. The fourth-order valence-electron chi connectivity index (χ4n) is 1.57. The lowest BCUT2D eigenvalue weighted by atomic mass is 10.3. The predicted octanol–water partition coefficient (Wildman–Crippen LogP) is 0.0810. The molecule has 0 aliphatic rings. The molecule has 11 heteroatoms. The van der Waals surface area contributed by atoms with Gasteiger partial charge in [-0.15, -0.1) is 0 Å². The minimum atomic E-state index is -4.07. The van der Waals surface area contributed by atoms with Gasteiger partial charge in [0.2, 0.25) is 16.4 Å². The number of sulfonamides is 1. The smallest absolute Gasteiger partial charge is 0.289 e. The largest absolute Gasteiger partial charge is 0.399 e. The fourth-order valence-corrected chi connectivity index (χ4v) is 2.81. The van der Waals surface area contributed by atoms with Gasteiger partial charge in [0.15, 0.2) is 10.7 Å². The predicted molar refractivity (Wildman–Crippen MR) is 70.7 cm³/mol. The second-order valence-corrected chi connectivity index (χ2v) is 5.71. The molecule has 1 aromatic carbocycles. The van der Waals surface area contributed by atoms with E-state index in [4.69, 9.17) is 5.73 Å². The van der Waals surface area contributed by atoms with Crippen molar-refractivity contribution in [1.82, 2.24) is 14.9 Å². The van der Waals surface area contributed by atoms with Crippen LogP contribution >= 0.6 is 0 Å². The Balaban J connectivity index is 2.19. The van der Waals surface area contributed by atoms with Gasteiger partial charge in [0.25, 0.3) is 5.69 Å². The number of hydrogen-bond donors (Lipinski definition) is 2. The van der Waals surface area contributed by atoms with Gasteiger partial charge in [-0.05, 0) is 12.1 Å². The molecule has 1 aromatic heterocycles. The molecule has 0 aliphatic heterocycles. The number of benzene rings is 1. The van der Waals surface area contributed by atoms with Gasteiger partial charge in [-0.3, -0.25) is 10.1 Å². The summed E-state index contributed by atoms with van der Waals surface area (Å²) < 4.78 is 30.9. The summed E-state index contributed by atoms with van der Waals surface area (Å²) in [6, 6.07) is 3.34. The number of nitrogens with two attached hydrogens (primary N) is 1. The van der Waals surface area contributed by atoms with Gasteiger partial charge in [0.05, 0.1) is 4.92 Å². The Morgan fingerprint density at radius 1 is 1.43 bits per heavy atom. The lowest BCUT2D eigenvalue weighted by molar-refractivity contribution is -0.387. The monoisotopic (exact) mass is 313 g/mol. The quantitative estimate of drug-likeness (QED) is 0.431. The van der Waals surface area contributed by atoms with Crippen molar-refractivity contribution in [2.75, 3.05) is 12.3 Å². The van der Waals surface area contributed by atoms with Crippen LogP contribution in [0.4, 0.5) is 11.4 Å². The van der Waals surface area contributed by atoms with Gasteiger partial charge in [-0.1, -0.05) is 5.16 Å². The molecule has 0 fully saturated rings. The van der Waals surface area contributed by atoms with Crippen LogP contribution in [0, 0.1) is 10.1 Å². The van der Waals surface area contributed by atoms with Gasteiger partial charge < -0.3 is 10.3 Å². The van der Waals surface area contributed by atoms with Crippen molar-refractivity contribution in [1.29, 1.82) is 0 Å². The SMILES string of the molecule is Nc1ccc([N+](=O)[O-])c(S(=O)(=O)NCCc2ncon2)c1. The molecule has 1 heterocycles. The van der Waals surface area contributed by atoms with E-state index >= 15 is 0 Å². The van der Waals surface area contributed by atoms with Crippen molar-refractivity contribution in [2.45, 2.75) is 11.3 Å². The first kappa shape index (κ1) is 14.9. The second-order valence-electron chi connectivity index (χ2n) is 3.98. The first-order valence-electron chi connectivity index (χ1n) is 5.69. The highest BCUT2D eigenvalue weighted by atomic mass is 32.2. The maximum Gasteiger partial charge on any atom is 0.289 e. The van der Waals surface area contributed by atoms with Crippen molar-refractivity contribution < 1.29 is 17.9 Å². The zero-order chi connectivity index (χ0) is 15.5. The lowest BCUT2D eigenvalue weighted by Crippen LogP contribution is -2.27. The van der Waals surface area contributed by atoms with Crippen molar-refractivity contribution in [2.24, 2.45) is 0 Å². The molecule has 112 valence electrons. The van der Waals surface area contributed by atoms with Crippen LogP contribution in [0.5, 0.6) is 0 Å². The van der Waals surface area contributed by atoms with Crippen LogP contribution in [0.1, 0.15) is 5.82 Å². The summed E-state index contributed by atoms with van der Waals surface area (Å²) in [5, 5.41) is 14.4. The molecule has 0 amide bonds. The topological polar surface area (TPSA) is 154 Å². The molecule has 0 saturated carbocycles. The van der Waals surface area contributed by atoms with Crippen LogP contribution < -0.4 is 10.5 Å². The number of rotatable bonds is 6. The Kier molecular flexibility index (Phi) is 4.14. The Bertz CT molecular complexity index is 743. The fraction of sp³-hybridized carbons (Fsp3) is 0.200. The van der Waals surface area contributed by atoms with E-state index in [1.54, 1.807) is 0 Å². The van der Waals surface area contributed by atoms with Crippen molar-refractivity contribution in [3.05, 3.63) is 40.5 Å². The van der Waals surface area contributed by atoms with Crippen molar-refractivity contribution in [3.63, 3.8) is 0 Å². The summed E-state index contributed by atoms with van der Waals surface area (Å²) in [6.07, 6.45) is 1.30. The maximum absolute atomic E-state index is 12.1. The number of aromatic nitrogens is 2. The molecule has 0 aliphatic carbocycles. The van der Waals surface area contributed by atoms with E-state index in [2.05, 4.69) is 19.4 Å². The Morgan fingerprint density at radius 2 is 2.19 bits per heavy atom. The molecule has 0 bridgehead atoms. The average Bonchev–Trinajstić information content (AvgIpc) is 2.91. The highest BCUT2D eigenvalue weighted by Gasteiger charge is 2.25. The Hall–Kier alpha value is -2.53. The molecule has 21 heavy (non-hydrogen) atoms. The van der Waals surface area contributed by atoms with Crippen LogP contribution in [0.3, 0.4) is 0 Å². The minimum Gasteiger partial charge on any atom is -0.399 e. The van der Waals surface area contributed by atoms with E-state index in [1.807, 2.05) is 0 Å². The van der Waals surface area contributed by atoms with E-state index in [0.717, 1.165) is 18.5 Å². The number of anilines is 1. The molecule has 2 rings (SSSR count). The van der Waals surface area contributed by atoms with E-state index < -0.39 is 25.5 Å². The minimum absolute atomic E-state index is 0.0339. The van der Waals surface area contributed by atoms with Crippen molar-refractivity contribution in [3.8, 4) is 0 Å². The van der Waals surface area contributed by atoms with Gasteiger partial charge in [0, 0.05) is 24.7 Å². The van der Waals surface area contributed by atoms with Gasteiger partial charge in [-0.2, -0.15) is 4.98 Å².